The maximum atomic E-state index is 12.7. The lowest BCUT2D eigenvalue weighted by molar-refractivity contribution is -0.141. The second kappa shape index (κ2) is 14.4. The van der Waals surface area contributed by atoms with E-state index in [9.17, 15) is 14.7 Å². The Morgan fingerprint density at radius 1 is 1.21 bits per heavy atom. The summed E-state index contributed by atoms with van der Waals surface area (Å²) in [5.41, 5.74) is 1.54. The molecule has 2 rings (SSSR count). The number of aromatic nitrogens is 1. The number of hydrogen-bond acceptors (Lipinski definition) is 5. The molecular formula is C30H41ClN2O5Si. The van der Waals surface area contributed by atoms with Crippen molar-refractivity contribution in [2.24, 2.45) is 5.92 Å². The number of nitrogens with one attached hydrogen (secondary N) is 1. The Morgan fingerprint density at radius 3 is 2.49 bits per heavy atom. The number of carbonyl (C=O) groups excluding carboxylic acids is 1. The number of rotatable bonds is 13. The Balaban J connectivity index is 2.11. The summed E-state index contributed by atoms with van der Waals surface area (Å²) >= 11 is 6.16. The van der Waals surface area contributed by atoms with Crippen LogP contribution in [0, 0.1) is 5.92 Å². The highest BCUT2D eigenvalue weighted by Crippen LogP contribution is 2.38. The summed E-state index contributed by atoms with van der Waals surface area (Å²) in [7, 11) is -0.587. The normalized spacial score (nSPS) is 14.8. The Bertz CT molecular complexity index is 1160. The molecule has 0 radical (unpaired) electrons. The van der Waals surface area contributed by atoms with Gasteiger partial charge in [0.05, 0.1) is 23.9 Å². The zero-order chi connectivity index (χ0) is 29.2. The molecule has 9 heteroatoms. The molecule has 0 bridgehead atoms. The molecule has 0 saturated carbocycles. The van der Waals surface area contributed by atoms with Crippen molar-refractivity contribution in [2.45, 2.75) is 70.8 Å². The number of pyridine rings is 1. The molecule has 1 amide bonds. The van der Waals surface area contributed by atoms with Crippen LogP contribution < -0.4 is 10.1 Å². The largest absolute Gasteiger partial charge is 0.495 e. The van der Waals surface area contributed by atoms with Gasteiger partial charge in [0.1, 0.15) is 11.8 Å². The van der Waals surface area contributed by atoms with Gasteiger partial charge in [0.25, 0.3) is 0 Å². The first-order chi connectivity index (χ1) is 18.2. The van der Waals surface area contributed by atoms with Crippen molar-refractivity contribution >= 4 is 37.9 Å². The van der Waals surface area contributed by atoms with Crippen LogP contribution in [-0.2, 0) is 20.4 Å². The van der Waals surface area contributed by atoms with Crippen LogP contribution in [0.1, 0.15) is 45.4 Å². The number of carbonyl (C=O) groups is 2. The smallest absolute Gasteiger partial charge is 0.326 e. The number of methoxy groups -OCH3 is 1. The topological polar surface area (TPSA) is 97.8 Å². The molecule has 2 N–H and O–H groups in total. The van der Waals surface area contributed by atoms with Gasteiger partial charge in [-0.2, -0.15) is 0 Å². The van der Waals surface area contributed by atoms with E-state index in [1.54, 1.807) is 30.5 Å². The summed E-state index contributed by atoms with van der Waals surface area (Å²) in [6.07, 6.45) is 9.37. The molecule has 0 spiro atoms. The van der Waals surface area contributed by atoms with Crippen molar-refractivity contribution in [1.82, 2.24) is 10.3 Å². The van der Waals surface area contributed by atoms with E-state index in [-0.39, 0.29) is 23.5 Å². The predicted molar refractivity (Wildman–Crippen MR) is 160 cm³/mol. The Labute approximate surface area is 238 Å². The van der Waals surface area contributed by atoms with Crippen LogP contribution in [0.2, 0.25) is 23.2 Å². The molecule has 3 atom stereocenters. The molecule has 212 valence electrons. The molecule has 0 aliphatic carbocycles. The number of benzene rings is 1. The number of hydrogen-bond donors (Lipinski definition) is 2. The minimum absolute atomic E-state index is 0.0236. The van der Waals surface area contributed by atoms with Gasteiger partial charge >= 0.3 is 5.97 Å². The second-order valence-electron chi connectivity index (χ2n) is 11.1. The van der Waals surface area contributed by atoms with E-state index in [0.29, 0.717) is 22.8 Å². The lowest BCUT2D eigenvalue weighted by atomic mass is 10.0. The lowest BCUT2D eigenvalue weighted by Gasteiger charge is -2.40. The van der Waals surface area contributed by atoms with Crippen molar-refractivity contribution in [3.8, 4) is 5.75 Å². The van der Waals surface area contributed by atoms with Crippen molar-refractivity contribution in [1.29, 1.82) is 0 Å². The van der Waals surface area contributed by atoms with E-state index in [4.69, 9.17) is 20.8 Å². The van der Waals surface area contributed by atoms with Crippen LogP contribution in [0.4, 0.5) is 0 Å². The molecule has 39 heavy (non-hydrogen) atoms. The molecule has 0 aliphatic heterocycles. The number of halogens is 1. The third-order valence-corrected chi connectivity index (χ3v) is 11.8. The Hall–Kier alpha value is -2.94. The lowest BCUT2D eigenvalue weighted by Crippen LogP contribution is -2.45. The third-order valence-electron chi connectivity index (χ3n) is 7.01. The van der Waals surface area contributed by atoms with Crippen LogP contribution >= 0.6 is 11.6 Å². The van der Waals surface area contributed by atoms with Gasteiger partial charge in [-0.3, -0.25) is 9.78 Å². The molecule has 2 aromatic rings. The van der Waals surface area contributed by atoms with Crippen molar-refractivity contribution < 1.29 is 23.9 Å². The zero-order valence-electron chi connectivity index (χ0n) is 23.9. The fourth-order valence-corrected chi connectivity index (χ4v) is 5.28. The van der Waals surface area contributed by atoms with Crippen LogP contribution in [-0.4, -0.2) is 49.5 Å². The molecule has 1 heterocycles. The Kier molecular flexibility index (Phi) is 12.0. The average molecular weight is 573 g/mol. The fourth-order valence-electron chi connectivity index (χ4n) is 3.58. The first-order valence-electron chi connectivity index (χ1n) is 13.0. The standard InChI is InChI=1S/C30H41ClN2O5Si/c1-21(14-16-23-11-8-9-18-32-23)26(38-39(6,7)30(2,3)4)12-10-13-28(34)33-25(29(35)36)20-22-15-17-27(37-5)24(31)19-22/h8-11,13-19,21,25-26H,12,20H2,1-7H3,(H,33,34)(H,35,36)/b13-10+,16-14+. The van der Waals surface area contributed by atoms with Gasteiger partial charge in [0.15, 0.2) is 8.32 Å². The van der Waals surface area contributed by atoms with Crippen molar-refractivity contribution in [3.05, 3.63) is 77.1 Å². The van der Waals surface area contributed by atoms with Gasteiger partial charge in [-0.15, -0.1) is 0 Å². The summed E-state index contributed by atoms with van der Waals surface area (Å²) in [5.74, 6) is -1.06. The van der Waals surface area contributed by atoms with E-state index in [2.05, 4.69) is 57.2 Å². The van der Waals surface area contributed by atoms with Gasteiger partial charge in [-0.05, 0) is 72.5 Å². The molecule has 1 aromatic heterocycles. The summed E-state index contributed by atoms with van der Waals surface area (Å²) in [5, 5.41) is 12.7. The number of amides is 1. The van der Waals surface area contributed by atoms with E-state index in [1.807, 2.05) is 24.3 Å². The molecule has 0 saturated heterocycles. The van der Waals surface area contributed by atoms with Gasteiger partial charge in [0, 0.05) is 12.6 Å². The average Bonchev–Trinajstić information content (AvgIpc) is 2.86. The summed E-state index contributed by atoms with van der Waals surface area (Å²) < 4.78 is 11.9. The number of nitrogens with zero attached hydrogens (tertiary/aromatic N) is 1. The fraction of sp³-hybridized carbons (Fsp3) is 0.433. The van der Waals surface area contributed by atoms with Crippen molar-refractivity contribution in [2.75, 3.05) is 7.11 Å². The quantitative estimate of drug-likeness (QED) is 0.209. The van der Waals surface area contributed by atoms with Crippen LogP contribution in [0.15, 0.2) is 60.8 Å². The highest BCUT2D eigenvalue weighted by molar-refractivity contribution is 6.74. The highest BCUT2D eigenvalue weighted by atomic mass is 35.5. The van der Waals surface area contributed by atoms with E-state index in [1.165, 1.54) is 13.2 Å². The van der Waals surface area contributed by atoms with Gasteiger partial charge < -0.3 is 19.6 Å². The first kappa shape index (κ1) is 32.3. The maximum absolute atomic E-state index is 12.7. The molecule has 0 aliphatic rings. The maximum Gasteiger partial charge on any atom is 0.326 e. The molecule has 7 nitrogen and oxygen atoms in total. The number of aliphatic carboxylic acids is 1. The molecule has 0 fully saturated rings. The van der Waals surface area contributed by atoms with Crippen LogP contribution in [0.5, 0.6) is 5.75 Å². The van der Waals surface area contributed by atoms with Gasteiger partial charge in [-0.1, -0.05) is 63.6 Å². The monoisotopic (exact) mass is 572 g/mol. The number of ether oxygens (including phenoxy) is 1. The van der Waals surface area contributed by atoms with Gasteiger partial charge in [-0.25, -0.2) is 4.79 Å². The first-order valence-corrected chi connectivity index (χ1v) is 16.3. The molecular weight excluding hydrogens is 532 g/mol. The van der Waals surface area contributed by atoms with Crippen LogP contribution in [0.3, 0.4) is 0 Å². The highest BCUT2D eigenvalue weighted by Gasteiger charge is 2.39. The van der Waals surface area contributed by atoms with E-state index in [0.717, 1.165) is 5.69 Å². The Morgan fingerprint density at radius 2 is 1.92 bits per heavy atom. The van der Waals surface area contributed by atoms with Crippen LogP contribution in [0.25, 0.3) is 6.08 Å². The zero-order valence-corrected chi connectivity index (χ0v) is 25.7. The second-order valence-corrected chi connectivity index (χ2v) is 16.3. The summed E-state index contributed by atoms with van der Waals surface area (Å²) in [6, 6.07) is 9.69. The predicted octanol–water partition coefficient (Wildman–Crippen LogP) is 6.54. The van der Waals surface area contributed by atoms with Crippen molar-refractivity contribution in [3.63, 3.8) is 0 Å². The van der Waals surface area contributed by atoms with Gasteiger partial charge in [0.2, 0.25) is 5.91 Å². The summed E-state index contributed by atoms with van der Waals surface area (Å²) in [6.45, 7) is 13.1. The minimum Gasteiger partial charge on any atom is -0.495 e. The number of carboxylic acids is 1. The SMILES string of the molecule is COc1ccc(CC(NC(=O)/C=C/CC(O[Si](C)(C)C(C)(C)C)C(C)/C=C/c2ccccn2)C(=O)O)cc1Cl. The molecule has 3 unspecified atom stereocenters. The third kappa shape index (κ3) is 10.3. The minimum atomic E-state index is -2.09. The summed E-state index contributed by atoms with van der Waals surface area (Å²) in [4.78, 5) is 28.8. The van der Waals surface area contributed by atoms with E-state index >= 15 is 0 Å². The number of carboxylic acid groups (broad SMARTS) is 1. The molecule has 1 aromatic carbocycles. The van der Waals surface area contributed by atoms with E-state index < -0.39 is 26.2 Å².